The molecule has 0 aromatic heterocycles. The van der Waals surface area contributed by atoms with Crippen LogP contribution in [0.4, 0.5) is 0 Å². The molecule has 2 atom stereocenters. The van der Waals surface area contributed by atoms with Gasteiger partial charge in [-0.2, -0.15) is 0 Å². The minimum Gasteiger partial charge on any atom is -0.0898 e. The molecule has 0 aliphatic carbocycles. The van der Waals surface area contributed by atoms with Gasteiger partial charge in [0.2, 0.25) is 23.5 Å². The van der Waals surface area contributed by atoms with Crippen molar-refractivity contribution in [3.05, 3.63) is 55.3 Å². The van der Waals surface area contributed by atoms with Crippen molar-refractivity contribution in [2.75, 3.05) is 0 Å². The summed E-state index contributed by atoms with van der Waals surface area (Å²) in [5, 5.41) is 0. The van der Waals surface area contributed by atoms with Crippen molar-refractivity contribution in [3.63, 3.8) is 0 Å². The number of nitroso groups, excluding NO2 is 2. The number of hydrogen-bond acceptors (Lipinski definition) is 3. The highest BCUT2D eigenvalue weighted by Gasteiger charge is 2.29. The van der Waals surface area contributed by atoms with Gasteiger partial charge in [0.25, 0.3) is 0 Å². The first-order valence-electron chi connectivity index (χ1n) is 6.29. The maximum Gasteiger partial charge on any atom is 0.231 e. The maximum atomic E-state index is 11.6. The zero-order valence-electron chi connectivity index (χ0n) is 11.6. The molecule has 2 heterocycles. The first-order valence-corrected chi connectivity index (χ1v) is 7.11. The molecule has 0 saturated heterocycles. The van der Waals surface area contributed by atoms with Crippen LogP contribution in [0.25, 0.3) is 0 Å². The third-order valence-electron chi connectivity index (χ3n) is 3.18. The fourth-order valence-corrected chi connectivity index (χ4v) is 3.41. The van der Waals surface area contributed by atoms with Crippen LogP contribution in [0.5, 0.6) is 0 Å². The van der Waals surface area contributed by atoms with Crippen molar-refractivity contribution in [1.29, 1.82) is 0 Å². The maximum absolute atomic E-state index is 11.6. The quantitative estimate of drug-likeness (QED) is 0.724. The molecule has 5 heteroatoms. The van der Waals surface area contributed by atoms with E-state index in [2.05, 4.69) is 0 Å². The summed E-state index contributed by atoms with van der Waals surface area (Å²) in [4.78, 5) is 25.4. The van der Waals surface area contributed by atoms with Crippen molar-refractivity contribution in [2.24, 2.45) is 0 Å². The van der Waals surface area contributed by atoms with Gasteiger partial charge in [0.15, 0.2) is 0 Å². The van der Waals surface area contributed by atoms with Gasteiger partial charge in [-0.15, -0.1) is 0 Å². The monoisotopic (exact) mass is 278 g/mol. The minimum absolute atomic E-state index is 0.143. The molecule has 100 valence electrons. The molecule has 0 saturated carbocycles. The van der Waals surface area contributed by atoms with E-state index in [1.165, 1.54) is 0 Å². The molecule has 19 heavy (non-hydrogen) atoms. The zero-order valence-corrected chi connectivity index (χ0v) is 12.4. The van der Waals surface area contributed by atoms with E-state index in [1.54, 1.807) is 11.8 Å². The molecule has 0 bridgehead atoms. The highest BCUT2D eigenvalue weighted by molar-refractivity contribution is 8.07. The Bertz CT molecular complexity index is 520. The average molecular weight is 278 g/mol. The van der Waals surface area contributed by atoms with Crippen LogP contribution in [0.1, 0.15) is 27.7 Å². The third kappa shape index (κ3) is 2.92. The summed E-state index contributed by atoms with van der Waals surface area (Å²) in [5.41, 5.74) is 1.43. The van der Waals surface area contributed by atoms with E-state index in [0.29, 0.717) is 11.4 Å². The van der Waals surface area contributed by atoms with Gasteiger partial charge in [0, 0.05) is 81.1 Å². The Labute approximate surface area is 117 Å². The minimum atomic E-state index is -0.143. The molecule has 2 rings (SSSR count). The number of thioether (sulfide) groups is 1. The lowest BCUT2D eigenvalue weighted by Gasteiger charge is -2.12. The lowest BCUT2D eigenvalue weighted by atomic mass is 10.2. The fraction of sp³-hybridized carbons (Fsp3) is 0.429. The third-order valence-corrected chi connectivity index (χ3v) is 4.16. The van der Waals surface area contributed by atoms with Crippen LogP contribution in [-0.2, 0) is 0 Å². The Hall–Kier alpha value is -1.49. The topological polar surface area (TPSA) is 40.2 Å². The predicted octanol–water partition coefficient (Wildman–Crippen LogP) is 3.66. The van der Waals surface area contributed by atoms with Gasteiger partial charge < -0.3 is 0 Å². The number of allylic oxidation sites excluding steroid dienone is 4. The summed E-state index contributed by atoms with van der Waals surface area (Å²) in [7, 11) is 0. The molecule has 0 radical (unpaired) electrons. The molecule has 0 spiro atoms. The van der Waals surface area contributed by atoms with E-state index >= 15 is 0 Å². The molecule has 0 fully saturated rings. The Morgan fingerprint density at radius 3 is 1.58 bits per heavy atom. The van der Waals surface area contributed by atoms with Gasteiger partial charge in [-0.3, -0.25) is 0 Å². The fourth-order valence-electron chi connectivity index (χ4n) is 2.15. The van der Waals surface area contributed by atoms with Crippen molar-refractivity contribution in [1.82, 2.24) is 0 Å². The lowest BCUT2D eigenvalue weighted by molar-refractivity contribution is -0.524. The molecule has 0 N–H and O–H groups in total. The second-order valence-corrected chi connectivity index (χ2v) is 6.09. The molecule has 2 aliphatic heterocycles. The van der Waals surface area contributed by atoms with E-state index in [9.17, 15) is 9.81 Å². The Morgan fingerprint density at radius 2 is 1.26 bits per heavy atom. The highest BCUT2D eigenvalue weighted by Crippen LogP contribution is 2.34. The first-order chi connectivity index (χ1) is 8.88. The van der Waals surface area contributed by atoms with Crippen LogP contribution < -0.4 is 0 Å². The van der Waals surface area contributed by atoms with E-state index < -0.39 is 0 Å². The van der Waals surface area contributed by atoms with Gasteiger partial charge in [-0.25, -0.2) is 0 Å². The molecule has 0 aromatic rings. The largest absolute Gasteiger partial charge is 0.231 e. The molecule has 0 aromatic carbocycles. The lowest BCUT2D eigenvalue weighted by Crippen LogP contribution is -2.21. The smallest absolute Gasteiger partial charge is 0.0898 e. The van der Waals surface area contributed by atoms with Crippen LogP contribution >= 0.6 is 11.8 Å². The summed E-state index contributed by atoms with van der Waals surface area (Å²) in [5.74, 6) is 0. The second kappa shape index (κ2) is 5.25. The summed E-state index contributed by atoms with van der Waals surface area (Å²) in [6.07, 6.45) is 7.66. The van der Waals surface area contributed by atoms with Gasteiger partial charge in [-0.05, 0) is 0 Å². The van der Waals surface area contributed by atoms with Crippen molar-refractivity contribution < 1.29 is 9.52 Å². The van der Waals surface area contributed by atoms with E-state index in [0.717, 1.165) is 19.3 Å². The van der Waals surface area contributed by atoms with Crippen LogP contribution in [0.3, 0.4) is 0 Å². The highest BCUT2D eigenvalue weighted by atomic mass is 32.2. The first kappa shape index (κ1) is 13.9. The van der Waals surface area contributed by atoms with Gasteiger partial charge in [-0.1, -0.05) is 11.8 Å². The van der Waals surface area contributed by atoms with Crippen molar-refractivity contribution in [2.45, 2.75) is 39.8 Å². The summed E-state index contributed by atoms with van der Waals surface area (Å²) >= 11 is 1.60. The van der Waals surface area contributed by atoms with Crippen molar-refractivity contribution in [3.8, 4) is 0 Å². The molecular weight excluding hydrogens is 260 g/mol. The van der Waals surface area contributed by atoms with E-state index in [4.69, 9.17) is 0 Å². The molecule has 2 unspecified atom stereocenters. The van der Waals surface area contributed by atoms with Gasteiger partial charge >= 0.3 is 0 Å². The Kier molecular flexibility index (Phi) is 3.85. The van der Waals surface area contributed by atoms with Crippen LogP contribution in [-0.4, -0.2) is 21.6 Å². The SMILES string of the molecule is CC1=CC(SC2=CC(C)[N+](=O)C(C)=C2)=CC(C)[N+]1=O. The van der Waals surface area contributed by atoms with Gasteiger partial charge in [0.05, 0.1) is 0 Å². The molecular formula is C14H18N2O2S+2. The number of rotatable bonds is 2. The Morgan fingerprint density at radius 1 is 0.895 bits per heavy atom. The normalized spacial score (nSPS) is 27.6. The zero-order chi connectivity index (χ0) is 14.2. The van der Waals surface area contributed by atoms with E-state index in [1.807, 2.05) is 52.0 Å². The standard InChI is InChI=1S/C14H18N2O2S/c1-9-5-13(6-10(2)15(9)17)19-14-7-11(3)16(18)12(4)8-14/h5-9,11H,1-4H3/q+2. The summed E-state index contributed by atoms with van der Waals surface area (Å²) < 4.78 is 2.00. The average Bonchev–Trinajstić information content (AvgIpc) is 2.33. The van der Waals surface area contributed by atoms with Gasteiger partial charge in [0.1, 0.15) is 0 Å². The number of nitrogens with zero attached hydrogens (tertiary/aromatic N) is 2. The van der Waals surface area contributed by atoms with E-state index in [-0.39, 0.29) is 12.1 Å². The molecule has 0 amide bonds. The van der Waals surface area contributed by atoms with Crippen molar-refractivity contribution >= 4 is 11.8 Å². The van der Waals surface area contributed by atoms with Crippen LogP contribution in [0.2, 0.25) is 0 Å². The summed E-state index contributed by atoms with van der Waals surface area (Å²) in [6, 6.07) is -0.287. The number of hydrogen-bond donors (Lipinski definition) is 0. The summed E-state index contributed by atoms with van der Waals surface area (Å²) in [6.45, 7) is 7.38. The second-order valence-electron chi connectivity index (χ2n) is 4.94. The molecule has 4 nitrogen and oxygen atoms in total. The van der Waals surface area contributed by atoms with Crippen LogP contribution in [0, 0.1) is 9.81 Å². The predicted molar refractivity (Wildman–Crippen MR) is 77.4 cm³/mol. The molecule has 2 aliphatic rings. The van der Waals surface area contributed by atoms with Crippen LogP contribution in [0.15, 0.2) is 45.5 Å². The Balaban J connectivity index is 2.20.